The van der Waals surface area contributed by atoms with E-state index in [4.69, 9.17) is 4.74 Å². The summed E-state index contributed by atoms with van der Waals surface area (Å²) >= 11 is 0. The Kier molecular flexibility index (Phi) is 6.95. The molecule has 160 valence electrons. The average molecular weight is 423 g/mol. The highest BCUT2D eigenvalue weighted by atomic mass is 32.2. The van der Waals surface area contributed by atoms with Gasteiger partial charge in [-0.05, 0) is 63.6 Å². The minimum atomic E-state index is -3.64. The van der Waals surface area contributed by atoms with Gasteiger partial charge in [0.15, 0.2) is 6.61 Å². The third-order valence-corrected chi connectivity index (χ3v) is 7.73. The van der Waals surface area contributed by atoms with Crippen LogP contribution < -0.4 is 0 Å². The summed E-state index contributed by atoms with van der Waals surface area (Å²) in [6.45, 7) is 5.07. The maximum absolute atomic E-state index is 12.9. The van der Waals surface area contributed by atoms with Crippen molar-refractivity contribution >= 4 is 21.9 Å². The number of rotatable bonds is 5. The Balaban J connectivity index is 1.70. The van der Waals surface area contributed by atoms with Crippen molar-refractivity contribution in [3.05, 3.63) is 29.3 Å². The van der Waals surface area contributed by atoms with Crippen molar-refractivity contribution in [2.45, 2.75) is 63.3 Å². The molecule has 1 aromatic rings. The van der Waals surface area contributed by atoms with Gasteiger partial charge < -0.3 is 9.64 Å². The molecule has 0 N–H and O–H groups in total. The van der Waals surface area contributed by atoms with Crippen LogP contribution in [0.15, 0.2) is 23.1 Å². The van der Waals surface area contributed by atoms with Crippen LogP contribution in [-0.2, 0) is 19.6 Å². The number of carbonyl (C=O) groups excluding carboxylic acids is 2. The number of carbonyl (C=O) groups is 2. The molecule has 0 aliphatic carbocycles. The quantitative estimate of drug-likeness (QED) is 0.681. The number of amides is 1. The summed E-state index contributed by atoms with van der Waals surface area (Å²) in [5.74, 6) is -0.878. The minimum Gasteiger partial charge on any atom is -0.452 e. The number of benzene rings is 1. The number of nitrogens with zero attached hydrogens (tertiary/aromatic N) is 2. The normalized spacial score (nSPS) is 21.0. The number of sulfonamides is 1. The molecule has 2 aliphatic rings. The fourth-order valence-corrected chi connectivity index (χ4v) is 5.54. The van der Waals surface area contributed by atoms with E-state index in [0.717, 1.165) is 38.5 Å². The second-order valence-corrected chi connectivity index (χ2v) is 9.89. The van der Waals surface area contributed by atoms with Crippen molar-refractivity contribution in [2.75, 3.05) is 26.2 Å². The van der Waals surface area contributed by atoms with Gasteiger partial charge in [0.25, 0.3) is 5.91 Å². The number of hydrogen-bond donors (Lipinski definition) is 0. The van der Waals surface area contributed by atoms with Gasteiger partial charge in [-0.25, -0.2) is 13.2 Å². The maximum Gasteiger partial charge on any atom is 0.338 e. The van der Waals surface area contributed by atoms with Crippen molar-refractivity contribution in [3.63, 3.8) is 0 Å². The van der Waals surface area contributed by atoms with E-state index in [-0.39, 0.29) is 29.0 Å². The Labute approximate surface area is 173 Å². The highest BCUT2D eigenvalue weighted by Gasteiger charge is 2.28. The summed E-state index contributed by atoms with van der Waals surface area (Å²) < 4.78 is 32.5. The van der Waals surface area contributed by atoms with Crippen molar-refractivity contribution in [2.24, 2.45) is 0 Å². The molecule has 0 radical (unpaired) electrons. The van der Waals surface area contributed by atoms with Gasteiger partial charge in [0, 0.05) is 25.7 Å². The molecule has 1 atom stereocenters. The monoisotopic (exact) mass is 422 g/mol. The predicted molar refractivity (Wildman–Crippen MR) is 109 cm³/mol. The first-order valence-corrected chi connectivity index (χ1v) is 11.8. The van der Waals surface area contributed by atoms with Gasteiger partial charge in [0.1, 0.15) is 0 Å². The molecular formula is C21H30N2O5S. The van der Waals surface area contributed by atoms with Crippen molar-refractivity contribution < 1.29 is 22.7 Å². The summed E-state index contributed by atoms with van der Waals surface area (Å²) in [6.07, 6.45) is 5.73. The molecule has 0 aromatic heterocycles. The van der Waals surface area contributed by atoms with E-state index in [1.165, 1.54) is 16.4 Å². The van der Waals surface area contributed by atoms with E-state index in [0.29, 0.717) is 25.2 Å². The molecule has 8 heteroatoms. The summed E-state index contributed by atoms with van der Waals surface area (Å²) in [4.78, 5) is 26.8. The molecule has 3 rings (SSSR count). The minimum absolute atomic E-state index is 0.0907. The van der Waals surface area contributed by atoms with E-state index in [1.54, 1.807) is 17.9 Å². The van der Waals surface area contributed by atoms with E-state index >= 15 is 0 Å². The molecule has 2 fully saturated rings. The molecular weight excluding hydrogens is 392 g/mol. The zero-order valence-electron chi connectivity index (χ0n) is 17.2. The molecule has 2 saturated heterocycles. The lowest BCUT2D eigenvalue weighted by Gasteiger charge is -2.33. The Bertz CT molecular complexity index is 862. The highest BCUT2D eigenvalue weighted by Crippen LogP contribution is 2.23. The van der Waals surface area contributed by atoms with E-state index in [2.05, 4.69) is 0 Å². The van der Waals surface area contributed by atoms with Crippen LogP contribution in [0.5, 0.6) is 0 Å². The highest BCUT2D eigenvalue weighted by molar-refractivity contribution is 7.89. The zero-order valence-corrected chi connectivity index (χ0v) is 18.0. The van der Waals surface area contributed by atoms with Crippen LogP contribution in [-0.4, -0.2) is 61.8 Å². The Morgan fingerprint density at radius 2 is 1.76 bits per heavy atom. The molecule has 29 heavy (non-hydrogen) atoms. The van der Waals surface area contributed by atoms with E-state index in [1.807, 2.05) is 6.92 Å². The molecule has 1 aromatic carbocycles. The van der Waals surface area contributed by atoms with Crippen LogP contribution in [0, 0.1) is 6.92 Å². The Morgan fingerprint density at radius 1 is 1.07 bits per heavy atom. The number of esters is 1. The zero-order chi connectivity index (χ0) is 21.0. The topological polar surface area (TPSA) is 84.0 Å². The largest absolute Gasteiger partial charge is 0.452 e. The molecule has 7 nitrogen and oxygen atoms in total. The number of hydrogen-bond acceptors (Lipinski definition) is 5. The van der Waals surface area contributed by atoms with Gasteiger partial charge in [-0.2, -0.15) is 4.31 Å². The third kappa shape index (κ3) is 4.98. The van der Waals surface area contributed by atoms with Crippen LogP contribution in [0.4, 0.5) is 0 Å². The van der Waals surface area contributed by atoms with Crippen LogP contribution in [0.3, 0.4) is 0 Å². The summed E-state index contributed by atoms with van der Waals surface area (Å²) in [5.41, 5.74) is 0.800. The smallest absolute Gasteiger partial charge is 0.338 e. The van der Waals surface area contributed by atoms with E-state index < -0.39 is 16.0 Å². The first-order chi connectivity index (χ1) is 13.8. The SMILES string of the molecule is Cc1ccc(S(=O)(=O)N2CCCCC2)cc1C(=O)OCC(=O)N1CCCCC1C. The Hall–Kier alpha value is -1.93. The van der Waals surface area contributed by atoms with Crippen LogP contribution >= 0.6 is 0 Å². The van der Waals surface area contributed by atoms with Crippen molar-refractivity contribution in [3.8, 4) is 0 Å². The number of piperidine rings is 2. The average Bonchev–Trinajstić information content (AvgIpc) is 2.73. The van der Waals surface area contributed by atoms with Gasteiger partial charge >= 0.3 is 5.97 Å². The second-order valence-electron chi connectivity index (χ2n) is 7.95. The summed E-state index contributed by atoms with van der Waals surface area (Å²) in [7, 11) is -3.64. The fourth-order valence-electron chi connectivity index (χ4n) is 3.99. The lowest BCUT2D eigenvalue weighted by atomic mass is 10.0. The van der Waals surface area contributed by atoms with Gasteiger partial charge in [0.2, 0.25) is 10.0 Å². The summed E-state index contributed by atoms with van der Waals surface area (Å²) in [5, 5.41) is 0. The first-order valence-electron chi connectivity index (χ1n) is 10.4. The number of ether oxygens (including phenoxy) is 1. The standard InChI is InChI=1S/C21H30N2O5S/c1-16-9-10-18(29(26,27)22-11-5-3-6-12-22)14-19(16)21(25)28-15-20(24)23-13-7-4-8-17(23)2/h9-10,14,17H,3-8,11-13,15H2,1-2H3. The maximum atomic E-state index is 12.9. The molecule has 0 bridgehead atoms. The van der Waals surface area contributed by atoms with Crippen LogP contribution in [0.1, 0.15) is 61.4 Å². The van der Waals surface area contributed by atoms with E-state index in [9.17, 15) is 18.0 Å². The van der Waals surface area contributed by atoms with Gasteiger partial charge in [0.05, 0.1) is 10.5 Å². The van der Waals surface area contributed by atoms with Gasteiger partial charge in [-0.15, -0.1) is 0 Å². The molecule has 2 heterocycles. The lowest BCUT2D eigenvalue weighted by molar-refractivity contribution is -0.137. The third-order valence-electron chi connectivity index (χ3n) is 5.83. The van der Waals surface area contributed by atoms with Gasteiger partial charge in [-0.3, -0.25) is 4.79 Å². The molecule has 1 amide bonds. The summed E-state index contributed by atoms with van der Waals surface area (Å²) in [6, 6.07) is 4.66. The molecule has 0 spiro atoms. The van der Waals surface area contributed by atoms with Crippen LogP contribution in [0.25, 0.3) is 0 Å². The fraction of sp³-hybridized carbons (Fsp3) is 0.619. The predicted octanol–water partition coefficient (Wildman–Crippen LogP) is 2.73. The van der Waals surface area contributed by atoms with Crippen LogP contribution in [0.2, 0.25) is 0 Å². The van der Waals surface area contributed by atoms with Crippen molar-refractivity contribution in [1.82, 2.24) is 9.21 Å². The second kappa shape index (κ2) is 9.26. The molecule has 0 saturated carbocycles. The van der Waals surface area contributed by atoms with Crippen molar-refractivity contribution in [1.29, 1.82) is 0 Å². The molecule has 1 unspecified atom stereocenters. The lowest BCUT2D eigenvalue weighted by Crippen LogP contribution is -2.44. The van der Waals surface area contributed by atoms with Gasteiger partial charge in [-0.1, -0.05) is 12.5 Å². The number of aryl methyl sites for hydroxylation is 1. The number of likely N-dealkylation sites (tertiary alicyclic amines) is 1. The molecule has 2 aliphatic heterocycles. The Morgan fingerprint density at radius 3 is 2.45 bits per heavy atom. The first kappa shape index (κ1) is 21.8.